The lowest BCUT2D eigenvalue weighted by atomic mass is 9.77. The molecular formula is C17H22N4O. The fourth-order valence-corrected chi connectivity index (χ4v) is 3.10. The number of rotatable bonds is 3. The molecule has 116 valence electrons. The van der Waals surface area contributed by atoms with Gasteiger partial charge >= 0.3 is 0 Å². The molecule has 2 aromatic rings. The molecule has 0 saturated carbocycles. The molecule has 3 rings (SSSR count). The molecule has 0 unspecified atom stereocenters. The first-order chi connectivity index (χ1) is 10.5. The van der Waals surface area contributed by atoms with Crippen LogP contribution in [0.3, 0.4) is 0 Å². The number of nitrogens with zero attached hydrogens (tertiary/aromatic N) is 3. The van der Waals surface area contributed by atoms with Crippen molar-refractivity contribution < 1.29 is 0 Å². The minimum atomic E-state index is -0.0528. The molecule has 1 fully saturated rings. The average molecular weight is 298 g/mol. The van der Waals surface area contributed by atoms with Crippen LogP contribution in [-0.4, -0.2) is 32.9 Å². The molecule has 0 aliphatic carbocycles. The van der Waals surface area contributed by atoms with Gasteiger partial charge in [0, 0.05) is 30.4 Å². The summed E-state index contributed by atoms with van der Waals surface area (Å²) in [5.74, 6) is 0.697. The third kappa shape index (κ3) is 3.25. The number of hydrogen-bond donors (Lipinski definition) is 1. The Morgan fingerprint density at radius 1 is 1.27 bits per heavy atom. The molecule has 22 heavy (non-hydrogen) atoms. The molecule has 2 aromatic heterocycles. The number of likely N-dealkylation sites (tertiary alicyclic amines) is 1. The van der Waals surface area contributed by atoms with E-state index in [-0.39, 0.29) is 11.0 Å². The van der Waals surface area contributed by atoms with E-state index >= 15 is 0 Å². The lowest BCUT2D eigenvalue weighted by Gasteiger charge is -2.39. The van der Waals surface area contributed by atoms with Gasteiger partial charge in [-0.05, 0) is 50.6 Å². The van der Waals surface area contributed by atoms with E-state index in [2.05, 4.69) is 38.9 Å². The molecule has 1 N–H and O–H groups in total. The van der Waals surface area contributed by atoms with Crippen LogP contribution in [0.4, 0.5) is 0 Å². The maximum absolute atomic E-state index is 11.7. The fraction of sp³-hybridized carbons (Fsp3) is 0.471. The van der Waals surface area contributed by atoms with Gasteiger partial charge in [-0.25, -0.2) is 4.98 Å². The van der Waals surface area contributed by atoms with Gasteiger partial charge in [-0.2, -0.15) is 0 Å². The van der Waals surface area contributed by atoms with Crippen molar-refractivity contribution in [3.63, 3.8) is 0 Å². The van der Waals surface area contributed by atoms with Gasteiger partial charge in [-0.15, -0.1) is 0 Å². The van der Waals surface area contributed by atoms with E-state index in [1.165, 1.54) is 5.56 Å². The molecule has 5 heteroatoms. The normalized spacial score (nSPS) is 18.3. The highest BCUT2D eigenvalue weighted by Gasteiger charge is 2.33. The Bertz CT molecular complexity index is 687. The smallest absolute Gasteiger partial charge is 0.251 e. The maximum Gasteiger partial charge on any atom is 0.251 e. The first kappa shape index (κ1) is 14.9. The van der Waals surface area contributed by atoms with Crippen molar-refractivity contribution in [2.45, 2.75) is 38.6 Å². The van der Waals surface area contributed by atoms with Crippen LogP contribution in [0.15, 0.2) is 35.4 Å². The van der Waals surface area contributed by atoms with Crippen LogP contribution in [0.1, 0.15) is 36.8 Å². The highest BCUT2D eigenvalue weighted by atomic mass is 16.1. The molecule has 0 atom stereocenters. The van der Waals surface area contributed by atoms with Gasteiger partial charge in [-0.3, -0.25) is 14.7 Å². The standard InChI is InChI=1S/C17H22N4O/c1-13-19-15(11-16(22)20-13)17(2)5-9-21(10-6-17)12-14-3-7-18-8-4-14/h3-4,7-8,11H,5-6,9-10,12H2,1-2H3,(H,19,20,22). The predicted octanol–water partition coefficient (Wildman–Crippen LogP) is 2.03. The summed E-state index contributed by atoms with van der Waals surface area (Å²) < 4.78 is 0. The summed E-state index contributed by atoms with van der Waals surface area (Å²) in [6.45, 7) is 7.06. The van der Waals surface area contributed by atoms with E-state index in [0.717, 1.165) is 38.2 Å². The summed E-state index contributed by atoms with van der Waals surface area (Å²) in [5.41, 5.74) is 2.16. The van der Waals surface area contributed by atoms with Gasteiger partial charge in [-0.1, -0.05) is 6.92 Å². The number of aromatic nitrogens is 3. The third-order valence-corrected chi connectivity index (χ3v) is 4.59. The van der Waals surface area contributed by atoms with Crippen molar-refractivity contribution in [1.29, 1.82) is 0 Å². The summed E-state index contributed by atoms with van der Waals surface area (Å²) in [4.78, 5) is 25.5. The summed E-state index contributed by atoms with van der Waals surface area (Å²) in [7, 11) is 0. The summed E-state index contributed by atoms with van der Waals surface area (Å²) >= 11 is 0. The van der Waals surface area contributed by atoms with Gasteiger partial charge in [0.2, 0.25) is 0 Å². The third-order valence-electron chi connectivity index (χ3n) is 4.59. The maximum atomic E-state index is 11.7. The number of hydrogen-bond acceptors (Lipinski definition) is 4. The second-order valence-electron chi connectivity index (χ2n) is 6.41. The Balaban J connectivity index is 1.69. The van der Waals surface area contributed by atoms with Crippen molar-refractivity contribution in [1.82, 2.24) is 19.9 Å². The van der Waals surface area contributed by atoms with E-state index in [1.807, 2.05) is 19.3 Å². The van der Waals surface area contributed by atoms with E-state index < -0.39 is 0 Å². The molecule has 0 radical (unpaired) electrons. The summed E-state index contributed by atoms with van der Waals surface area (Å²) in [5, 5.41) is 0. The SMILES string of the molecule is Cc1nc(C2(C)CCN(Cc3ccncc3)CC2)cc(=O)[nH]1. The van der Waals surface area contributed by atoms with Gasteiger partial charge in [0.05, 0.1) is 5.69 Å². The Morgan fingerprint density at radius 3 is 2.59 bits per heavy atom. The Morgan fingerprint density at radius 2 is 1.95 bits per heavy atom. The van der Waals surface area contributed by atoms with Crippen LogP contribution < -0.4 is 5.56 Å². The Labute approximate surface area is 130 Å². The summed E-state index contributed by atoms with van der Waals surface area (Å²) in [6.07, 6.45) is 5.72. The van der Waals surface area contributed by atoms with Gasteiger partial charge in [0.25, 0.3) is 5.56 Å². The number of H-pyrrole nitrogens is 1. The minimum absolute atomic E-state index is 0.00619. The Kier molecular flexibility index (Phi) is 4.07. The lowest BCUT2D eigenvalue weighted by Crippen LogP contribution is -2.41. The minimum Gasteiger partial charge on any atom is -0.311 e. The topological polar surface area (TPSA) is 61.9 Å². The second kappa shape index (κ2) is 6.01. The highest BCUT2D eigenvalue weighted by Crippen LogP contribution is 2.33. The molecule has 5 nitrogen and oxygen atoms in total. The van der Waals surface area contributed by atoms with Crippen molar-refractivity contribution in [2.24, 2.45) is 0 Å². The van der Waals surface area contributed by atoms with Crippen molar-refractivity contribution in [3.05, 3.63) is 58.0 Å². The van der Waals surface area contributed by atoms with Crippen molar-refractivity contribution >= 4 is 0 Å². The van der Waals surface area contributed by atoms with E-state index in [4.69, 9.17) is 0 Å². The predicted molar refractivity (Wildman–Crippen MR) is 85.7 cm³/mol. The van der Waals surface area contributed by atoms with Crippen LogP contribution in [0.25, 0.3) is 0 Å². The van der Waals surface area contributed by atoms with E-state index in [1.54, 1.807) is 6.07 Å². The largest absolute Gasteiger partial charge is 0.311 e. The highest BCUT2D eigenvalue weighted by molar-refractivity contribution is 5.17. The molecule has 1 aliphatic heterocycles. The lowest BCUT2D eigenvalue weighted by molar-refractivity contribution is 0.159. The fourth-order valence-electron chi connectivity index (χ4n) is 3.10. The van der Waals surface area contributed by atoms with E-state index in [0.29, 0.717) is 5.82 Å². The van der Waals surface area contributed by atoms with Crippen LogP contribution in [0, 0.1) is 6.92 Å². The van der Waals surface area contributed by atoms with Crippen molar-refractivity contribution in [3.8, 4) is 0 Å². The zero-order valence-electron chi connectivity index (χ0n) is 13.2. The van der Waals surface area contributed by atoms with Crippen LogP contribution in [0.5, 0.6) is 0 Å². The van der Waals surface area contributed by atoms with Crippen LogP contribution in [-0.2, 0) is 12.0 Å². The number of aryl methyl sites for hydroxylation is 1. The molecule has 3 heterocycles. The van der Waals surface area contributed by atoms with Crippen LogP contribution >= 0.6 is 0 Å². The van der Waals surface area contributed by atoms with Gasteiger partial charge < -0.3 is 4.98 Å². The Hall–Kier alpha value is -2.01. The zero-order valence-corrected chi connectivity index (χ0v) is 13.2. The summed E-state index contributed by atoms with van der Waals surface area (Å²) in [6, 6.07) is 5.79. The molecular weight excluding hydrogens is 276 g/mol. The molecule has 1 saturated heterocycles. The number of pyridine rings is 1. The second-order valence-corrected chi connectivity index (χ2v) is 6.41. The quantitative estimate of drug-likeness (QED) is 0.942. The van der Waals surface area contributed by atoms with Gasteiger partial charge in [0.15, 0.2) is 0 Å². The molecule has 0 amide bonds. The average Bonchev–Trinajstić information content (AvgIpc) is 2.50. The number of aromatic amines is 1. The first-order valence-corrected chi connectivity index (χ1v) is 7.75. The monoisotopic (exact) mass is 298 g/mol. The van der Waals surface area contributed by atoms with Crippen molar-refractivity contribution in [2.75, 3.05) is 13.1 Å². The van der Waals surface area contributed by atoms with Gasteiger partial charge in [0.1, 0.15) is 5.82 Å². The zero-order chi connectivity index (χ0) is 15.6. The first-order valence-electron chi connectivity index (χ1n) is 7.75. The van der Waals surface area contributed by atoms with Crippen LogP contribution in [0.2, 0.25) is 0 Å². The molecule has 0 aromatic carbocycles. The number of nitrogens with one attached hydrogen (secondary N) is 1. The van der Waals surface area contributed by atoms with E-state index in [9.17, 15) is 4.79 Å². The molecule has 0 spiro atoms. The molecule has 0 bridgehead atoms. The molecule has 1 aliphatic rings. The number of piperidine rings is 1.